The van der Waals surface area contributed by atoms with Crippen molar-refractivity contribution < 1.29 is 37.2 Å². The first-order valence-electron chi connectivity index (χ1n) is 19.1. The van der Waals surface area contributed by atoms with Gasteiger partial charge in [-0.05, 0) is 74.3 Å². The molecule has 3 saturated carbocycles. The lowest BCUT2D eigenvalue weighted by atomic mass is 9.97. The summed E-state index contributed by atoms with van der Waals surface area (Å²) >= 11 is 0. The topological polar surface area (TPSA) is 173 Å². The average molecular weight is 760 g/mol. The van der Waals surface area contributed by atoms with Crippen LogP contribution in [0.4, 0.5) is 4.79 Å². The standard InChI is InChI=1S/C40H49N5O8S/c1-4-12-25-22-40(25,38(48)44-54(50,51)28-19-20-28)42-36(46)33-21-27(53-43-35-31-17-10-8-15-29(31)30-16-9-11-18-32(30)35)23-45(33)37(47)34(24(3)5-2)41-39(49)52-26-13-6-7-14-26/h4,8-11,15-18,24-28,33-34H,1,5-7,12-14,19-23H2,2-3H3,(H,41,49)(H,42,46)(H,44,48)/t24?,25-,27-,33+,34+,40-/m1/s1. The smallest absolute Gasteiger partial charge is 0.408 e. The zero-order chi connectivity index (χ0) is 38.2. The number of amides is 4. The summed E-state index contributed by atoms with van der Waals surface area (Å²) in [5, 5.41) is 9.64. The molecule has 0 spiro atoms. The Kier molecular flexibility index (Phi) is 10.6. The Morgan fingerprint density at radius 3 is 2.20 bits per heavy atom. The molecule has 1 unspecified atom stereocenters. The van der Waals surface area contributed by atoms with Gasteiger partial charge in [-0.2, -0.15) is 0 Å². The molecule has 4 fully saturated rings. The first-order valence-corrected chi connectivity index (χ1v) is 20.7. The molecule has 4 amide bonds. The Hall–Kier alpha value is -4.72. The second-order valence-corrected chi connectivity index (χ2v) is 17.3. The first kappa shape index (κ1) is 37.6. The highest BCUT2D eigenvalue weighted by atomic mass is 32.2. The summed E-state index contributed by atoms with van der Waals surface area (Å²) in [6.07, 6.45) is 5.63. The van der Waals surface area contributed by atoms with Gasteiger partial charge in [0.05, 0.1) is 11.8 Å². The molecule has 0 bridgehead atoms. The summed E-state index contributed by atoms with van der Waals surface area (Å²) in [7, 11) is -3.89. The van der Waals surface area contributed by atoms with Crippen molar-refractivity contribution >= 4 is 39.5 Å². The minimum absolute atomic E-state index is 0.0192. The third-order valence-corrected chi connectivity index (χ3v) is 13.4. The molecular weight excluding hydrogens is 711 g/mol. The third-order valence-electron chi connectivity index (χ3n) is 11.6. The highest BCUT2D eigenvalue weighted by Gasteiger charge is 2.62. The molecule has 5 aliphatic rings. The molecule has 7 rings (SSSR count). The van der Waals surface area contributed by atoms with E-state index in [1.807, 2.05) is 62.4 Å². The van der Waals surface area contributed by atoms with Crippen LogP contribution in [0.1, 0.15) is 89.2 Å². The van der Waals surface area contributed by atoms with E-state index in [-0.39, 0.29) is 37.3 Å². The van der Waals surface area contributed by atoms with Crippen LogP contribution in [0.2, 0.25) is 0 Å². The predicted octanol–water partition coefficient (Wildman–Crippen LogP) is 4.55. The van der Waals surface area contributed by atoms with E-state index < -0.39 is 62.8 Å². The molecule has 0 aromatic heterocycles. The van der Waals surface area contributed by atoms with Crippen LogP contribution in [0, 0.1) is 11.8 Å². The normalized spacial score (nSPS) is 25.5. The maximum Gasteiger partial charge on any atom is 0.408 e. The quantitative estimate of drug-likeness (QED) is 0.159. The van der Waals surface area contributed by atoms with Gasteiger partial charge in [0.15, 0.2) is 0 Å². The molecule has 6 atom stereocenters. The number of benzene rings is 2. The lowest BCUT2D eigenvalue weighted by Gasteiger charge is -2.32. The number of hydrogen-bond acceptors (Lipinski definition) is 9. The Bertz CT molecular complexity index is 1910. The number of nitrogens with one attached hydrogen (secondary N) is 3. The van der Waals surface area contributed by atoms with Crippen molar-refractivity contribution in [3.63, 3.8) is 0 Å². The van der Waals surface area contributed by atoms with Crippen molar-refractivity contribution in [2.24, 2.45) is 17.0 Å². The van der Waals surface area contributed by atoms with E-state index in [0.29, 0.717) is 31.4 Å². The highest BCUT2D eigenvalue weighted by molar-refractivity contribution is 7.91. The number of sulfonamides is 1. The number of rotatable bonds is 14. The van der Waals surface area contributed by atoms with Gasteiger partial charge in [-0.3, -0.25) is 19.1 Å². The maximum absolute atomic E-state index is 14.5. The van der Waals surface area contributed by atoms with E-state index in [1.165, 1.54) is 4.90 Å². The molecule has 54 heavy (non-hydrogen) atoms. The van der Waals surface area contributed by atoms with Crippen molar-refractivity contribution in [3.8, 4) is 11.1 Å². The number of alkyl carbamates (subject to hydrolysis) is 1. The van der Waals surface area contributed by atoms with Crippen LogP contribution < -0.4 is 15.4 Å². The van der Waals surface area contributed by atoms with Gasteiger partial charge in [0.2, 0.25) is 21.8 Å². The number of fused-ring (bicyclic) bond motifs is 3. The first-order chi connectivity index (χ1) is 26.0. The number of ether oxygens (including phenoxy) is 1. The van der Waals surface area contributed by atoms with Crippen molar-refractivity contribution in [2.45, 2.75) is 113 Å². The minimum Gasteiger partial charge on any atom is -0.446 e. The molecule has 1 saturated heterocycles. The fraction of sp³-hybridized carbons (Fsp3) is 0.525. The number of carbonyl (C=O) groups excluding carboxylic acids is 4. The van der Waals surface area contributed by atoms with Gasteiger partial charge in [-0.15, -0.1) is 6.58 Å². The van der Waals surface area contributed by atoms with Crippen molar-refractivity contribution in [1.82, 2.24) is 20.3 Å². The predicted molar refractivity (Wildman–Crippen MR) is 202 cm³/mol. The van der Waals surface area contributed by atoms with Gasteiger partial charge in [0.25, 0.3) is 5.91 Å². The van der Waals surface area contributed by atoms with E-state index in [9.17, 15) is 27.6 Å². The molecule has 1 aliphatic heterocycles. The monoisotopic (exact) mass is 759 g/mol. The van der Waals surface area contributed by atoms with Crippen LogP contribution in [0.15, 0.2) is 66.3 Å². The summed E-state index contributed by atoms with van der Waals surface area (Å²) in [4.78, 5) is 63.2. The molecule has 1 heterocycles. The van der Waals surface area contributed by atoms with E-state index >= 15 is 0 Å². The number of likely N-dealkylation sites (tertiary alicyclic amines) is 1. The zero-order valence-electron chi connectivity index (χ0n) is 30.8. The summed E-state index contributed by atoms with van der Waals surface area (Å²) in [6.45, 7) is 7.51. The van der Waals surface area contributed by atoms with Crippen LogP contribution in [0.3, 0.4) is 0 Å². The molecular formula is C40H49N5O8S. The van der Waals surface area contributed by atoms with Gasteiger partial charge in [0.1, 0.15) is 35.5 Å². The van der Waals surface area contributed by atoms with Gasteiger partial charge < -0.3 is 25.1 Å². The van der Waals surface area contributed by atoms with E-state index in [2.05, 4.69) is 27.1 Å². The maximum atomic E-state index is 14.5. The molecule has 14 heteroatoms. The summed E-state index contributed by atoms with van der Waals surface area (Å²) in [5.41, 5.74) is 2.99. The minimum atomic E-state index is -3.89. The molecule has 2 aromatic carbocycles. The van der Waals surface area contributed by atoms with E-state index in [1.54, 1.807) is 6.08 Å². The number of oxime groups is 1. The Morgan fingerprint density at radius 1 is 0.981 bits per heavy atom. The van der Waals surface area contributed by atoms with Gasteiger partial charge in [-0.1, -0.05) is 80.0 Å². The second kappa shape index (κ2) is 15.2. The number of hydrogen-bond donors (Lipinski definition) is 3. The number of nitrogens with zero attached hydrogens (tertiary/aromatic N) is 2. The van der Waals surface area contributed by atoms with Crippen LogP contribution in [-0.2, 0) is 34.0 Å². The summed E-state index contributed by atoms with van der Waals surface area (Å²) in [6, 6.07) is 13.6. The van der Waals surface area contributed by atoms with Crippen molar-refractivity contribution in [2.75, 3.05) is 6.54 Å². The van der Waals surface area contributed by atoms with Crippen molar-refractivity contribution in [1.29, 1.82) is 0 Å². The zero-order valence-corrected chi connectivity index (χ0v) is 31.6. The lowest BCUT2D eigenvalue weighted by Crippen LogP contribution is -2.59. The molecule has 288 valence electrons. The Labute approximate surface area is 316 Å². The van der Waals surface area contributed by atoms with Crippen molar-refractivity contribution in [3.05, 3.63) is 72.3 Å². The summed E-state index contributed by atoms with van der Waals surface area (Å²) in [5.74, 6) is -2.59. The van der Waals surface area contributed by atoms with Gasteiger partial charge in [-0.25, -0.2) is 13.2 Å². The highest BCUT2D eigenvalue weighted by Crippen LogP contribution is 2.47. The van der Waals surface area contributed by atoms with E-state index in [0.717, 1.165) is 47.9 Å². The Morgan fingerprint density at radius 2 is 1.61 bits per heavy atom. The molecule has 2 aromatic rings. The van der Waals surface area contributed by atoms with Crippen LogP contribution in [0.25, 0.3) is 11.1 Å². The fourth-order valence-electron chi connectivity index (χ4n) is 8.05. The molecule has 3 N–H and O–H groups in total. The lowest BCUT2D eigenvalue weighted by molar-refractivity contribution is -0.142. The third kappa shape index (κ3) is 7.49. The fourth-order valence-corrected chi connectivity index (χ4v) is 9.42. The van der Waals surface area contributed by atoms with Gasteiger partial charge in [0, 0.05) is 17.5 Å². The number of carbonyl (C=O) groups is 4. The molecule has 4 aliphatic carbocycles. The van der Waals surface area contributed by atoms with Crippen LogP contribution in [0.5, 0.6) is 0 Å². The van der Waals surface area contributed by atoms with E-state index in [4.69, 9.17) is 9.57 Å². The number of allylic oxidation sites excluding steroid dienone is 1. The van der Waals surface area contributed by atoms with Gasteiger partial charge >= 0.3 is 6.09 Å². The summed E-state index contributed by atoms with van der Waals surface area (Å²) < 4.78 is 33.4. The van der Waals surface area contributed by atoms with Crippen LogP contribution in [-0.4, -0.2) is 84.5 Å². The second-order valence-electron chi connectivity index (χ2n) is 15.4. The molecule has 0 radical (unpaired) electrons. The average Bonchev–Trinajstić information content (AvgIpc) is 3.98. The molecule has 13 nitrogen and oxygen atoms in total. The largest absolute Gasteiger partial charge is 0.446 e. The Balaban J connectivity index is 1.15. The SMILES string of the molecule is C=CC[C@@H]1C[C@]1(NC(=O)[C@@H]1C[C@@H](ON=C2c3ccccc3-c3ccccc32)CN1C(=O)[C@@H](NC(=O)OC1CCCC1)C(C)CC)C(=O)NS(=O)(=O)C1CC1. The van der Waals surface area contributed by atoms with Crippen LogP contribution >= 0.6 is 0 Å².